The standard InChI is InChI=1S/C19H19N3O3/c1-12-17(20-19(23)14-9-5-7-11-16(14)25-3)18(22-21-12)13-8-4-6-10-15(13)24-2/h4-11H,1-3H3,(H,20,23)(H,21,22). The highest BCUT2D eigenvalue weighted by Crippen LogP contribution is 2.35. The van der Waals surface area contributed by atoms with Crippen molar-refractivity contribution in [2.75, 3.05) is 19.5 Å². The maximum atomic E-state index is 12.7. The molecule has 2 N–H and O–H groups in total. The van der Waals surface area contributed by atoms with E-state index in [9.17, 15) is 4.79 Å². The Balaban J connectivity index is 1.99. The Labute approximate surface area is 145 Å². The lowest BCUT2D eigenvalue weighted by Crippen LogP contribution is -2.14. The summed E-state index contributed by atoms with van der Waals surface area (Å²) in [4.78, 5) is 12.7. The third-order valence-electron chi connectivity index (χ3n) is 3.90. The van der Waals surface area contributed by atoms with Gasteiger partial charge in [0.25, 0.3) is 5.91 Å². The molecule has 0 fully saturated rings. The first-order valence-electron chi connectivity index (χ1n) is 7.78. The fourth-order valence-corrected chi connectivity index (χ4v) is 2.63. The smallest absolute Gasteiger partial charge is 0.259 e. The van der Waals surface area contributed by atoms with Gasteiger partial charge in [0.2, 0.25) is 0 Å². The van der Waals surface area contributed by atoms with E-state index in [4.69, 9.17) is 9.47 Å². The van der Waals surface area contributed by atoms with Crippen molar-refractivity contribution in [3.8, 4) is 22.8 Å². The number of methoxy groups -OCH3 is 2. The second kappa shape index (κ2) is 7.09. The number of H-pyrrole nitrogens is 1. The molecule has 0 aliphatic carbocycles. The van der Waals surface area contributed by atoms with Crippen molar-refractivity contribution in [2.45, 2.75) is 6.92 Å². The number of benzene rings is 2. The van der Waals surface area contributed by atoms with Gasteiger partial charge in [-0.2, -0.15) is 5.10 Å². The van der Waals surface area contributed by atoms with Crippen LogP contribution < -0.4 is 14.8 Å². The average Bonchev–Trinajstić information content (AvgIpc) is 3.01. The molecule has 2 aromatic carbocycles. The molecule has 0 atom stereocenters. The Morgan fingerprint density at radius 2 is 1.64 bits per heavy atom. The van der Waals surface area contributed by atoms with E-state index in [1.54, 1.807) is 25.3 Å². The van der Waals surface area contributed by atoms with Crippen LogP contribution in [-0.2, 0) is 0 Å². The number of aryl methyl sites for hydroxylation is 1. The van der Waals surface area contributed by atoms with Crippen LogP contribution in [0.5, 0.6) is 11.5 Å². The molecule has 0 radical (unpaired) electrons. The molecule has 0 bridgehead atoms. The van der Waals surface area contributed by atoms with Crippen LogP contribution in [0.1, 0.15) is 16.1 Å². The molecule has 1 amide bonds. The Kier molecular flexibility index (Phi) is 4.70. The number of nitrogens with zero attached hydrogens (tertiary/aromatic N) is 1. The molecule has 3 aromatic rings. The molecule has 0 spiro atoms. The zero-order valence-electron chi connectivity index (χ0n) is 14.3. The maximum Gasteiger partial charge on any atom is 0.259 e. The number of para-hydroxylation sites is 2. The number of nitrogens with one attached hydrogen (secondary N) is 2. The van der Waals surface area contributed by atoms with Gasteiger partial charge in [0.1, 0.15) is 17.2 Å². The molecule has 25 heavy (non-hydrogen) atoms. The summed E-state index contributed by atoms with van der Waals surface area (Å²) >= 11 is 0. The predicted molar refractivity (Wildman–Crippen MR) is 96.3 cm³/mol. The second-order valence-corrected chi connectivity index (χ2v) is 5.43. The number of hydrogen-bond acceptors (Lipinski definition) is 4. The largest absolute Gasteiger partial charge is 0.496 e. The van der Waals surface area contributed by atoms with E-state index in [2.05, 4.69) is 15.5 Å². The van der Waals surface area contributed by atoms with Crippen molar-refractivity contribution >= 4 is 11.6 Å². The summed E-state index contributed by atoms with van der Waals surface area (Å²) in [6.45, 7) is 1.85. The van der Waals surface area contributed by atoms with Gasteiger partial charge in [0.15, 0.2) is 0 Å². The Bertz CT molecular complexity index is 902. The fraction of sp³-hybridized carbons (Fsp3) is 0.158. The minimum Gasteiger partial charge on any atom is -0.496 e. The third kappa shape index (κ3) is 3.19. The van der Waals surface area contributed by atoms with Crippen LogP contribution in [0.4, 0.5) is 5.69 Å². The van der Waals surface area contributed by atoms with Crippen LogP contribution >= 0.6 is 0 Å². The fourth-order valence-electron chi connectivity index (χ4n) is 2.63. The molecule has 1 aromatic heterocycles. The van der Waals surface area contributed by atoms with Crippen molar-refractivity contribution in [3.05, 3.63) is 59.8 Å². The summed E-state index contributed by atoms with van der Waals surface area (Å²) in [6.07, 6.45) is 0. The Morgan fingerprint density at radius 3 is 2.36 bits per heavy atom. The monoisotopic (exact) mass is 337 g/mol. The molecule has 1 heterocycles. The third-order valence-corrected chi connectivity index (χ3v) is 3.90. The number of hydrogen-bond donors (Lipinski definition) is 2. The normalized spacial score (nSPS) is 10.4. The molecule has 6 heteroatoms. The first kappa shape index (κ1) is 16.6. The number of anilines is 1. The molecule has 3 rings (SSSR count). The summed E-state index contributed by atoms with van der Waals surface area (Å²) in [5.41, 5.74) is 3.24. The van der Waals surface area contributed by atoms with E-state index in [0.29, 0.717) is 28.4 Å². The van der Waals surface area contributed by atoms with E-state index < -0.39 is 0 Å². The molecule has 0 aliphatic heterocycles. The summed E-state index contributed by atoms with van der Waals surface area (Å²) in [6, 6.07) is 14.6. The highest BCUT2D eigenvalue weighted by Gasteiger charge is 2.20. The molecule has 0 saturated carbocycles. The molecular formula is C19H19N3O3. The zero-order chi connectivity index (χ0) is 17.8. The van der Waals surface area contributed by atoms with Gasteiger partial charge in [-0.15, -0.1) is 0 Å². The summed E-state index contributed by atoms with van der Waals surface area (Å²) in [5.74, 6) is 0.930. The van der Waals surface area contributed by atoms with E-state index >= 15 is 0 Å². The van der Waals surface area contributed by atoms with Crippen LogP contribution in [0.15, 0.2) is 48.5 Å². The van der Waals surface area contributed by atoms with Gasteiger partial charge in [-0.25, -0.2) is 0 Å². The Morgan fingerprint density at radius 1 is 1.00 bits per heavy atom. The van der Waals surface area contributed by atoms with E-state index in [1.807, 2.05) is 37.3 Å². The predicted octanol–water partition coefficient (Wildman–Crippen LogP) is 3.65. The van der Waals surface area contributed by atoms with E-state index in [1.165, 1.54) is 7.11 Å². The number of rotatable bonds is 5. The van der Waals surface area contributed by atoms with Crippen molar-refractivity contribution in [3.63, 3.8) is 0 Å². The molecule has 128 valence electrons. The van der Waals surface area contributed by atoms with Gasteiger partial charge in [0, 0.05) is 5.56 Å². The number of aromatic nitrogens is 2. The molecular weight excluding hydrogens is 318 g/mol. The van der Waals surface area contributed by atoms with Crippen LogP contribution in [0.25, 0.3) is 11.3 Å². The molecule has 6 nitrogen and oxygen atoms in total. The highest BCUT2D eigenvalue weighted by atomic mass is 16.5. The lowest BCUT2D eigenvalue weighted by atomic mass is 10.1. The van der Waals surface area contributed by atoms with Gasteiger partial charge in [-0.05, 0) is 31.2 Å². The molecule has 0 aliphatic rings. The van der Waals surface area contributed by atoms with Gasteiger partial charge in [-0.3, -0.25) is 9.89 Å². The minimum atomic E-state index is -0.266. The Hall–Kier alpha value is -3.28. The van der Waals surface area contributed by atoms with Crippen molar-refractivity contribution < 1.29 is 14.3 Å². The highest BCUT2D eigenvalue weighted by molar-refractivity contribution is 6.08. The second-order valence-electron chi connectivity index (χ2n) is 5.43. The van der Waals surface area contributed by atoms with Crippen molar-refractivity contribution in [2.24, 2.45) is 0 Å². The van der Waals surface area contributed by atoms with Crippen molar-refractivity contribution in [1.29, 1.82) is 0 Å². The first-order chi connectivity index (χ1) is 12.2. The zero-order valence-corrected chi connectivity index (χ0v) is 14.3. The maximum absolute atomic E-state index is 12.7. The topological polar surface area (TPSA) is 76.2 Å². The van der Waals surface area contributed by atoms with Crippen molar-refractivity contribution in [1.82, 2.24) is 10.2 Å². The van der Waals surface area contributed by atoms with Gasteiger partial charge >= 0.3 is 0 Å². The van der Waals surface area contributed by atoms with E-state index in [0.717, 1.165) is 11.3 Å². The number of aromatic amines is 1. The quantitative estimate of drug-likeness (QED) is 0.745. The van der Waals surface area contributed by atoms with Crippen LogP contribution in [0.3, 0.4) is 0 Å². The summed E-state index contributed by atoms with van der Waals surface area (Å²) in [7, 11) is 3.14. The molecule has 0 unspecified atom stereocenters. The van der Waals surface area contributed by atoms with E-state index in [-0.39, 0.29) is 5.91 Å². The average molecular weight is 337 g/mol. The van der Waals surface area contributed by atoms with Crippen LogP contribution in [0, 0.1) is 6.92 Å². The van der Waals surface area contributed by atoms with Gasteiger partial charge in [-0.1, -0.05) is 24.3 Å². The number of ether oxygens (including phenoxy) is 2. The summed E-state index contributed by atoms with van der Waals surface area (Å²) in [5, 5.41) is 10.2. The first-order valence-corrected chi connectivity index (χ1v) is 7.78. The lowest BCUT2D eigenvalue weighted by Gasteiger charge is -2.11. The van der Waals surface area contributed by atoms with Gasteiger partial charge < -0.3 is 14.8 Å². The van der Waals surface area contributed by atoms with Crippen LogP contribution in [0.2, 0.25) is 0 Å². The number of carbonyl (C=O) groups is 1. The van der Waals surface area contributed by atoms with Gasteiger partial charge in [0.05, 0.1) is 31.2 Å². The number of amides is 1. The minimum absolute atomic E-state index is 0.266. The lowest BCUT2D eigenvalue weighted by molar-refractivity contribution is 0.102. The summed E-state index contributed by atoms with van der Waals surface area (Å²) < 4.78 is 10.7. The SMILES string of the molecule is COc1ccccc1C(=O)Nc1c(-c2ccccc2OC)n[nH]c1C. The van der Waals surface area contributed by atoms with Crippen LogP contribution in [-0.4, -0.2) is 30.3 Å². The number of carbonyl (C=O) groups excluding carboxylic acids is 1. The molecule has 0 saturated heterocycles.